The molecule has 1 amide bonds. The van der Waals surface area contributed by atoms with E-state index >= 15 is 0 Å². The molecule has 0 fully saturated rings. The van der Waals surface area contributed by atoms with Crippen LogP contribution in [0.4, 0.5) is 20.6 Å². The SMILES string of the molecule is CC(C)(C)OC(=O)N(CCOc1ccccc1)c1ccc(F)cc1[N+](=O)[O-]. The van der Waals surface area contributed by atoms with Crippen LogP contribution in [0.25, 0.3) is 0 Å². The molecule has 0 unspecified atom stereocenters. The highest BCUT2D eigenvalue weighted by Crippen LogP contribution is 2.30. The quantitative estimate of drug-likeness (QED) is 0.545. The molecule has 0 spiro atoms. The van der Waals surface area contributed by atoms with Gasteiger partial charge in [-0.05, 0) is 45.0 Å². The number of anilines is 1. The van der Waals surface area contributed by atoms with Crippen molar-refractivity contribution in [3.63, 3.8) is 0 Å². The van der Waals surface area contributed by atoms with Crippen molar-refractivity contribution in [2.24, 2.45) is 0 Å². The summed E-state index contributed by atoms with van der Waals surface area (Å²) in [4.78, 5) is 24.2. The first kappa shape index (κ1) is 20.2. The van der Waals surface area contributed by atoms with E-state index in [-0.39, 0.29) is 18.8 Å². The number of amides is 1. The molecule has 0 atom stereocenters. The number of carbonyl (C=O) groups excluding carboxylic acids is 1. The van der Waals surface area contributed by atoms with Crippen LogP contribution in [0.2, 0.25) is 0 Å². The van der Waals surface area contributed by atoms with E-state index in [9.17, 15) is 19.3 Å². The number of nitro groups is 1. The maximum Gasteiger partial charge on any atom is 0.415 e. The zero-order valence-electron chi connectivity index (χ0n) is 15.3. The summed E-state index contributed by atoms with van der Waals surface area (Å²) in [6, 6.07) is 11.9. The lowest BCUT2D eigenvalue weighted by atomic mass is 10.2. The number of rotatable bonds is 6. The predicted octanol–water partition coefficient (Wildman–Crippen LogP) is 4.55. The lowest BCUT2D eigenvalue weighted by molar-refractivity contribution is -0.384. The zero-order chi connectivity index (χ0) is 20.0. The van der Waals surface area contributed by atoms with Gasteiger partial charge >= 0.3 is 6.09 Å². The molecule has 0 radical (unpaired) electrons. The van der Waals surface area contributed by atoms with E-state index in [0.29, 0.717) is 5.75 Å². The van der Waals surface area contributed by atoms with E-state index < -0.39 is 28.1 Å². The molecule has 0 N–H and O–H groups in total. The minimum absolute atomic E-state index is 0.0176. The Morgan fingerprint density at radius 3 is 2.44 bits per heavy atom. The fourth-order valence-electron chi connectivity index (χ4n) is 2.27. The van der Waals surface area contributed by atoms with Crippen molar-refractivity contribution >= 4 is 17.5 Å². The van der Waals surface area contributed by atoms with Gasteiger partial charge in [-0.1, -0.05) is 18.2 Å². The maximum atomic E-state index is 13.5. The number of halogens is 1. The van der Waals surface area contributed by atoms with Crippen LogP contribution in [0.1, 0.15) is 20.8 Å². The first-order valence-electron chi connectivity index (χ1n) is 8.30. The van der Waals surface area contributed by atoms with E-state index in [4.69, 9.17) is 9.47 Å². The van der Waals surface area contributed by atoms with Crippen LogP contribution in [0.15, 0.2) is 48.5 Å². The second-order valence-corrected chi connectivity index (χ2v) is 6.68. The van der Waals surface area contributed by atoms with Crippen molar-refractivity contribution < 1.29 is 23.6 Å². The number of para-hydroxylation sites is 1. The molecule has 8 heteroatoms. The number of carbonyl (C=O) groups is 1. The molecule has 0 heterocycles. The van der Waals surface area contributed by atoms with Gasteiger partial charge in [-0.25, -0.2) is 9.18 Å². The number of nitro benzene ring substituents is 1. The van der Waals surface area contributed by atoms with Gasteiger partial charge in [-0.3, -0.25) is 15.0 Å². The van der Waals surface area contributed by atoms with Crippen molar-refractivity contribution in [2.75, 3.05) is 18.1 Å². The minimum Gasteiger partial charge on any atom is -0.492 e. The van der Waals surface area contributed by atoms with Crippen LogP contribution in [0.3, 0.4) is 0 Å². The normalized spacial score (nSPS) is 11.0. The molecule has 0 aromatic heterocycles. The molecule has 0 aliphatic heterocycles. The van der Waals surface area contributed by atoms with Crippen LogP contribution >= 0.6 is 0 Å². The Morgan fingerprint density at radius 2 is 1.85 bits per heavy atom. The average molecular weight is 376 g/mol. The molecular formula is C19H21FN2O5. The number of hydrogen-bond acceptors (Lipinski definition) is 5. The molecule has 27 heavy (non-hydrogen) atoms. The topological polar surface area (TPSA) is 81.9 Å². The summed E-state index contributed by atoms with van der Waals surface area (Å²) in [5.41, 5.74) is -1.39. The van der Waals surface area contributed by atoms with E-state index in [0.717, 1.165) is 17.0 Å². The minimum atomic E-state index is -0.801. The first-order chi connectivity index (χ1) is 12.7. The first-order valence-corrected chi connectivity index (χ1v) is 8.30. The van der Waals surface area contributed by atoms with Crippen molar-refractivity contribution in [3.05, 3.63) is 64.5 Å². The number of benzene rings is 2. The van der Waals surface area contributed by atoms with Crippen molar-refractivity contribution in [1.82, 2.24) is 0 Å². The van der Waals surface area contributed by atoms with Crippen molar-refractivity contribution in [1.29, 1.82) is 0 Å². The second kappa shape index (κ2) is 8.48. The largest absolute Gasteiger partial charge is 0.492 e. The molecule has 0 bridgehead atoms. The highest BCUT2D eigenvalue weighted by atomic mass is 19.1. The van der Waals surface area contributed by atoms with E-state index in [1.54, 1.807) is 45.0 Å². The van der Waals surface area contributed by atoms with E-state index in [2.05, 4.69) is 0 Å². The summed E-state index contributed by atoms with van der Waals surface area (Å²) in [5, 5.41) is 11.3. The monoisotopic (exact) mass is 376 g/mol. The molecule has 144 valence electrons. The fraction of sp³-hybridized carbons (Fsp3) is 0.316. The summed E-state index contributed by atoms with van der Waals surface area (Å²) in [6.07, 6.45) is -0.783. The van der Waals surface area contributed by atoms with Crippen LogP contribution in [0.5, 0.6) is 5.75 Å². The molecular weight excluding hydrogens is 355 g/mol. The summed E-state index contributed by atoms with van der Waals surface area (Å²) in [7, 11) is 0. The van der Waals surface area contributed by atoms with Gasteiger partial charge in [0.2, 0.25) is 0 Å². The smallest absolute Gasteiger partial charge is 0.415 e. The Morgan fingerprint density at radius 1 is 1.19 bits per heavy atom. The molecule has 0 saturated carbocycles. The van der Waals surface area contributed by atoms with Crippen LogP contribution in [0, 0.1) is 15.9 Å². The lowest BCUT2D eigenvalue weighted by Gasteiger charge is -2.27. The van der Waals surface area contributed by atoms with Crippen molar-refractivity contribution in [2.45, 2.75) is 26.4 Å². The third-order valence-corrected chi connectivity index (χ3v) is 3.37. The lowest BCUT2D eigenvalue weighted by Crippen LogP contribution is -2.39. The van der Waals surface area contributed by atoms with Crippen LogP contribution in [-0.2, 0) is 4.74 Å². The summed E-state index contributed by atoms with van der Waals surface area (Å²) in [6.45, 7) is 5.10. The average Bonchev–Trinajstić information content (AvgIpc) is 2.58. The Balaban J connectivity index is 2.27. The molecule has 0 aliphatic carbocycles. The van der Waals surface area contributed by atoms with Gasteiger partial charge in [0.1, 0.15) is 29.5 Å². The Bertz CT molecular complexity index is 805. The highest BCUT2D eigenvalue weighted by Gasteiger charge is 2.29. The van der Waals surface area contributed by atoms with Crippen LogP contribution in [-0.4, -0.2) is 29.8 Å². The van der Waals surface area contributed by atoms with Gasteiger partial charge in [0.05, 0.1) is 17.5 Å². The van der Waals surface area contributed by atoms with Crippen LogP contribution < -0.4 is 9.64 Å². The van der Waals surface area contributed by atoms with Gasteiger partial charge in [0, 0.05) is 0 Å². The highest BCUT2D eigenvalue weighted by molar-refractivity contribution is 5.90. The van der Waals surface area contributed by atoms with Gasteiger partial charge in [0.25, 0.3) is 5.69 Å². The Hall–Kier alpha value is -3.16. The zero-order valence-corrected chi connectivity index (χ0v) is 15.3. The van der Waals surface area contributed by atoms with Gasteiger partial charge in [-0.15, -0.1) is 0 Å². The number of nitrogens with zero attached hydrogens (tertiary/aromatic N) is 2. The summed E-state index contributed by atoms with van der Waals surface area (Å²) in [5.74, 6) is -0.176. The standard InChI is InChI=1S/C19H21FN2O5/c1-19(2,3)27-18(23)21(11-12-26-15-7-5-4-6-8-15)16-10-9-14(20)13-17(16)22(24)25/h4-10,13H,11-12H2,1-3H3. The second-order valence-electron chi connectivity index (χ2n) is 6.68. The van der Waals surface area contributed by atoms with Gasteiger partial charge in [0.15, 0.2) is 0 Å². The Kier molecular flexibility index (Phi) is 6.33. The summed E-state index contributed by atoms with van der Waals surface area (Å²) < 4.78 is 24.4. The molecule has 2 rings (SSSR count). The fourth-order valence-corrected chi connectivity index (χ4v) is 2.27. The predicted molar refractivity (Wildman–Crippen MR) is 98.6 cm³/mol. The van der Waals surface area contributed by atoms with Gasteiger partial charge in [-0.2, -0.15) is 0 Å². The molecule has 7 nitrogen and oxygen atoms in total. The summed E-state index contributed by atoms with van der Waals surface area (Å²) >= 11 is 0. The van der Waals surface area contributed by atoms with Gasteiger partial charge < -0.3 is 9.47 Å². The third kappa shape index (κ3) is 5.95. The molecule has 2 aromatic rings. The number of ether oxygens (including phenoxy) is 2. The molecule has 0 aliphatic rings. The number of hydrogen-bond donors (Lipinski definition) is 0. The Labute approximate surface area is 156 Å². The third-order valence-electron chi connectivity index (χ3n) is 3.37. The van der Waals surface area contributed by atoms with Crippen molar-refractivity contribution in [3.8, 4) is 5.75 Å². The maximum absolute atomic E-state index is 13.5. The van der Waals surface area contributed by atoms with E-state index in [1.807, 2.05) is 6.07 Å². The van der Waals surface area contributed by atoms with E-state index in [1.165, 1.54) is 6.07 Å². The molecule has 2 aromatic carbocycles. The molecule has 0 saturated heterocycles.